The summed E-state index contributed by atoms with van der Waals surface area (Å²) in [6, 6.07) is 17.7. The molecule has 164 valence electrons. The van der Waals surface area contributed by atoms with Crippen molar-refractivity contribution in [1.29, 1.82) is 0 Å². The Morgan fingerprint density at radius 3 is 1.43 bits per heavy atom. The molecule has 2 aromatic rings. The second kappa shape index (κ2) is 8.99. The van der Waals surface area contributed by atoms with Gasteiger partial charge in [-0.25, -0.2) is 0 Å². The minimum absolute atomic E-state index is 0.104. The first-order valence-corrected chi connectivity index (χ1v) is 11.2. The molecule has 2 N–H and O–H groups in total. The van der Waals surface area contributed by atoms with Gasteiger partial charge in [0.15, 0.2) is 0 Å². The Morgan fingerprint density at radius 2 is 1.13 bits per heavy atom. The summed E-state index contributed by atoms with van der Waals surface area (Å²) in [4.78, 5) is 4.23. The molecule has 2 aromatic carbocycles. The lowest BCUT2D eigenvalue weighted by Gasteiger charge is -2.52. The number of nitrogens with one attached hydrogen (secondary N) is 1. The maximum atomic E-state index is 11.9. The minimum Gasteiger partial charge on any atom is -0.389 e. The molecular formula is C26H39N3O. The Morgan fingerprint density at radius 1 is 0.767 bits per heavy atom. The van der Waals surface area contributed by atoms with Crippen LogP contribution in [-0.2, 0) is 0 Å². The first-order chi connectivity index (χ1) is 14.2. The van der Waals surface area contributed by atoms with Crippen molar-refractivity contribution in [3.8, 4) is 0 Å². The molecule has 4 heteroatoms. The Balaban J connectivity index is 1.98. The summed E-state index contributed by atoms with van der Waals surface area (Å²) in [5.74, 6) is 0.241. The van der Waals surface area contributed by atoms with E-state index in [2.05, 4.69) is 113 Å². The fourth-order valence-electron chi connectivity index (χ4n) is 5.06. The van der Waals surface area contributed by atoms with Gasteiger partial charge in [-0.2, -0.15) is 0 Å². The van der Waals surface area contributed by atoms with Crippen molar-refractivity contribution in [2.75, 3.05) is 38.0 Å². The molecule has 1 aliphatic rings. The normalized spacial score (nSPS) is 28.9. The lowest BCUT2D eigenvalue weighted by Crippen LogP contribution is -2.57. The van der Waals surface area contributed by atoms with E-state index in [0.29, 0.717) is 0 Å². The number of piperidine rings is 1. The molecule has 0 saturated carbocycles. The SMILES string of the molecule is CCCC1(O)[C@H](C)[C@@H](c2ccc(N(C)C)cc2)N[C@@H](c2ccc(N(C)C)cc2)[C@H]1C. The highest BCUT2D eigenvalue weighted by Crippen LogP contribution is 2.49. The molecule has 1 saturated heterocycles. The first-order valence-electron chi connectivity index (χ1n) is 11.2. The predicted molar refractivity (Wildman–Crippen MR) is 128 cm³/mol. The third kappa shape index (κ3) is 4.21. The van der Waals surface area contributed by atoms with Crippen molar-refractivity contribution in [2.24, 2.45) is 11.8 Å². The van der Waals surface area contributed by atoms with Crippen molar-refractivity contribution in [3.05, 3.63) is 59.7 Å². The summed E-state index contributed by atoms with van der Waals surface area (Å²) in [5, 5.41) is 15.8. The van der Waals surface area contributed by atoms with Crippen molar-refractivity contribution in [1.82, 2.24) is 5.32 Å². The molecule has 0 spiro atoms. The molecule has 0 aromatic heterocycles. The zero-order valence-electron chi connectivity index (χ0n) is 19.7. The monoisotopic (exact) mass is 409 g/mol. The molecule has 0 bridgehead atoms. The molecule has 0 radical (unpaired) electrons. The third-order valence-electron chi connectivity index (χ3n) is 7.12. The zero-order chi connectivity index (χ0) is 22.1. The van der Waals surface area contributed by atoms with E-state index in [0.717, 1.165) is 12.8 Å². The standard InChI is InChI=1S/C26H39N3O/c1-8-17-26(30)18(2)24(20-9-13-22(14-10-20)28(4)5)27-25(19(26)3)21-11-15-23(16-12-21)29(6)7/h9-16,18-19,24-25,27,30H,8,17H2,1-7H3/t18-,19-,24-,25+,26?/m1/s1. The molecule has 0 amide bonds. The van der Waals surface area contributed by atoms with Gasteiger partial charge in [-0.3, -0.25) is 0 Å². The molecule has 1 aliphatic heterocycles. The molecule has 4 nitrogen and oxygen atoms in total. The van der Waals surface area contributed by atoms with Gasteiger partial charge >= 0.3 is 0 Å². The van der Waals surface area contributed by atoms with Crippen LogP contribution in [0.5, 0.6) is 0 Å². The quantitative estimate of drug-likeness (QED) is 0.704. The van der Waals surface area contributed by atoms with Crippen LogP contribution in [-0.4, -0.2) is 38.9 Å². The van der Waals surface area contributed by atoms with Gasteiger partial charge in [0, 0.05) is 63.5 Å². The van der Waals surface area contributed by atoms with Crippen LogP contribution < -0.4 is 15.1 Å². The maximum absolute atomic E-state index is 11.9. The summed E-state index contributed by atoms with van der Waals surface area (Å²) >= 11 is 0. The van der Waals surface area contributed by atoms with Crippen LogP contribution in [0.1, 0.15) is 56.8 Å². The summed E-state index contributed by atoms with van der Waals surface area (Å²) in [7, 11) is 8.24. The van der Waals surface area contributed by atoms with Crippen LogP contribution in [0, 0.1) is 11.8 Å². The first kappa shape index (κ1) is 22.6. The van der Waals surface area contributed by atoms with E-state index < -0.39 is 5.60 Å². The molecule has 1 heterocycles. The van der Waals surface area contributed by atoms with E-state index >= 15 is 0 Å². The highest BCUT2D eigenvalue weighted by atomic mass is 16.3. The average Bonchev–Trinajstić information content (AvgIpc) is 2.73. The predicted octanol–water partition coefficient (Wildman–Crippen LogP) is 5.01. The van der Waals surface area contributed by atoms with Crippen LogP contribution in [0.2, 0.25) is 0 Å². The van der Waals surface area contributed by atoms with Crippen LogP contribution in [0.3, 0.4) is 0 Å². The second-order valence-electron chi connectivity index (χ2n) is 9.41. The number of aliphatic hydroxyl groups is 1. The fraction of sp³-hybridized carbons (Fsp3) is 0.538. The summed E-state index contributed by atoms with van der Waals surface area (Å²) < 4.78 is 0. The van der Waals surface area contributed by atoms with E-state index in [1.807, 2.05) is 0 Å². The average molecular weight is 410 g/mol. The number of rotatable bonds is 6. The fourth-order valence-corrected chi connectivity index (χ4v) is 5.06. The van der Waals surface area contributed by atoms with Gasteiger partial charge in [-0.1, -0.05) is 51.5 Å². The smallest absolute Gasteiger partial charge is 0.0734 e. The molecular weight excluding hydrogens is 370 g/mol. The molecule has 3 rings (SSSR count). The molecule has 0 aliphatic carbocycles. The molecule has 30 heavy (non-hydrogen) atoms. The van der Waals surface area contributed by atoms with Crippen molar-refractivity contribution in [3.63, 3.8) is 0 Å². The Labute approximate surface area is 182 Å². The topological polar surface area (TPSA) is 38.7 Å². The van der Waals surface area contributed by atoms with Crippen LogP contribution in [0.25, 0.3) is 0 Å². The highest BCUT2D eigenvalue weighted by molar-refractivity contribution is 5.48. The van der Waals surface area contributed by atoms with Crippen LogP contribution >= 0.6 is 0 Å². The van der Waals surface area contributed by atoms with Crippen LogP contribution in [0.15, 0.2) is 48.5 Å². The molecule has 1 fully saturated rings. The van der Waals surface area contributed by atoms with E-state index in [4.69, 9.17) is 0 Å². The van der Waals surface area contributed by atoms with Crippen molar-refractivity contribution in [2.45, 2.75) is 51.3 Å². The Bertz CT molecular complexity index is 750. The summed E-state index contributed by atoms with van der Waals surface area (Å²) in [6.07, 6.45) is 1.79. The van der Waals surface area contributed by atoms with Gasteiger partial charge in [-0.05, 0) is 41.8 Å². The maximum Gasteiger partial charge on any atom is 0.0734 e. The van der Waals surface area contributed by atoms with Gasteiger partial charge in [0.05, 0.1) is 5.60 Å². The lowest BCUT2D eigenvalue weighted by molar-refractivity contribution is -0.116. The van der Waals surface area contributed by atoms with Gasteiger partial charge in [-0.15, -0.1) is 0 Å². The third-order valence-corrected chi connectivity index (χ3v) is 7.12. The minimum atomic E-state index is -0.713. The lowest BCUT2D eigenvalue weighted by atomic mass is 9.64. The van der Waals surface area contributed by atoms with E-state index in [1.165, 1.54) is 22.5 Å². The highest BCUT2D eigenvalue weighted by Gasteiger charge is 2.50. The second-order valence-corrected chi connectivity index (χ2v) is 9.41. The van der Waals surface area contributed by atoms with E-state index in [-0.39, 0.29) is 23.9 Å². The number of hydrogen-bond acceptors (Lipinski definition) is 4. The summed E-state index contributed by atoms with van der Waals surface area (Å²) in [6.45, 7) is 6.57. The van der Waals surface area contributed by atoms with Crippen LogP contribution in [0.4, 0.5) is 11.4 Å². The molecule has 5 atom stereocenters. The van der Waals surface area contributed by atoms with Crippen molar-refractivity contribution >= 4 is 11.4 Å². The number of hydrogen-bond donors (Lipinski definition) is 2. The zero-order valence-corrected chi connectivity index (χ0v) is 19.7. The van der Waals surface area contributed by atoms with Gasteiger partial charge in [0.1, 0.15) is 0 Å². The Hall–Kier alpha value is -2.04. The van der Waals surface area contributed by atoms with E-state index in [9.17, 15) is 5.11 Å². The van der Waals surface area contributed by atoms with Crippen molar-refractivity contribution < 1.29 is 5.11 Å². The molecule has 1 unspecified atom stereocenters. The van der Waals surface area contributed by atoms with Gasteiger partial charge < -0.3 is 20.2 Å². The number of anilines is 2. The largest absolute Gasteiger partial charge is 0.389 e. The number of nitrogens with zero attached hydrogens (tertiary/aromatic N) is 2. The van der Waals surface area contributed by atoms with Gasteiger partial charge in [0.25, 0.3) is 0 Å². The summed E-state index contributed by atoms with van der Waals surface area (Å²) in [5.41, 5.74) is 4.15. The van der Waals surface area contributed by atoms with Gasteiger partial charge in [0.2, 0.25) is 0 Å². The number of benzene rings is 2. The van der Waals surface area contributed by atoms with E-state index in [1.54, 1.807) is 0 Å². The Kier molecular flexibility index (Phi) is 6.78.